The molecular formula is C22H25N3O5. The van der Waals surface area contributed by atoms with Gasteiger partial charge in [0.25, 0.3) is 0 Å². The lowest BCUT2D eigenvalue weighted by atomic mass is 9.59. The summed E-state index contributed by atoms with van der Waals surface area (Å²) in [6, 6.07) is 4.28. The summed E-state index contributed by atoms with van der Waals surface area (Å²) in [5, 5.41) is 14.8. The topological polar surface area (TPSA) is 86.1 Å². The monoisotopic (exact) mass is 411 g/mol. The van der Waals surface area contributed by atoms with Crippen LogP contribution in [0.5, 0.6) is 5.75 Å². The highest BCUT2D eigenvalue weighted by atomic mass is 16.6. The average Bonchev–Trinajstić information content (AvgIpc) is 3.48. The van der Waals surface area contributed by atoms with Crippen molar-refractivity contribution < 1.29 is 24.1 Å². The molecule has 1 saturated heterocycles. The Labute approximate surface area is 174 Å². The number of hydrogen-bond donors (Lipinski definition) is 1. The van der Waals surface area contributed by atoms with Crippen molar-refractivity contribution in [1.29, 1.82) is 0 Å². The van der Waals surface area contributed by atoms with Crippen molar-refractivity contribution in [3.63, 3.8) is 0 Å². The predicted molar refractivity (Wildman–Crippen MR) is 108 cm³/mol. The number of carbonyl (C=O) groups is 1. The van der Waals surface area contributed by atoms with Crippen molar-refractivity contribution in [1.82, 2.24) is 9.78 Å². The lowest BCUT2D eigenvalue weighted by Crippen LogP contribution is -2.70. The van der Waals surface area contributed by atoms with Crippen LogP contribution in [0.15, 0.2) is 24.5 Å². The van der Waals surface area contributed by atoms with Crippen molar-refractivity contribution >= 4 is 11.8 Å². The van der Waals surface area contributed by atoms with E-state index in [-0.39, 0.29) is 12.6 Å². The zero-order chi connectivity index (χ0) is 20.7. The molecule has 1 aliphatic carbocycles. The maximum absolute atomic E-state index is 12.6. The largest absolute Gasteiger partial charge is 0.492 e. The van der Waals surface area contributed by atoms with Gasteiger partial charge in [-0.2, -0.15) is 5.10 Å². The van der Waals surface area contributed by atoms with Gasteiger partial charge in [-0.3, -0.25) is 9.58 Å². The third kappa shape index (κ3) is 2.13. The Balaban J connectivity index is 1.56. The number of aliphatic hydroxyl groups is 1. The first-order chi connectivity index (χ1) is 14.5. The Morgan fingerprint density at radius 1 is 1.37 bits per heavy atom. The van der Waals surface area contributed by atoms with Gasteiger partial charge in [0.2, 0.25) is 0 Å². The molecule has 4 aliphatic rings. The van der Waals surface area contributed by atoms with Crippen LogP contribution in [0.3, 0.4) is 0 Å². The molecule has 0 bridgehead atoms. The van der Waals surface area contributed by atoms with E-state index in [0.717, 1.165) is 35.2 Å². The van der Waals surface area contributed by atoms with E-state index in [9.17, 15) is 9.90 Å². The van der Waals surface area contributed by atoms with Crippen molar-refractivity contribution in [2.75, 3.05) is 31.8 Å². The molecule has 30 heavy (non-hydrogen) atoms. The molecule has 1 aromatic heterocycles. The Morgan fingerprint density at radius 2 is 2.20 bits per heavy atom. The van der Waals surface area contributed by atoms with E-state index in [2.05, 4.69) is 11.3 Å². The Kier molecular flexibility index (Phi) is 3.63. The maximum atomic E-state index is 12.6. The van der Waals surface area contributed by atoms with Crippen LogP contribution in [0.1, 0.15) is 37.8 Å². The third-order valence-electron chi connectivity index (χ3n) is 7.27. The minimum atomic E-state index is -0.670. The fourth-order valence-electron chi connectivity index (χ4n) is 5.43. The number of hydrogen-bond acceptors (Lipinski definition) is 6. The summed E-state index contributed by atoms with van der Waals surface area (Å²) in [6.07, 6.45) is 6.43. The molecule has 2 aromatic rings. The molecule has 6 rings (SSSR count). The van der Waals surface area contributed by atoms with Gasteiger partial charge in [-0.15, -0.1) is 0 Å². The highest BCUT2D eigenvalue weighted by Gasteiger charge is 2.68. The van der Waals surface area contributed by atoms with Crippen LogP contribution in [-0.2, 0) is 15.1 Å². The van der Waals surface area contributed by atoms with E-state index < -0.39 is 17.1 Å². The summed E-state index contributed by atoms with van der Waals surface area (Å²) in [5.41, 5.74) is 2.31. The number of benzene rings is 1. The fraction of sp³-hybridized carbons (Fsp3) is 0.545. The van der Waals surface area contributed by atoms with Gasteiger partial charge in [0.1, 0.15) is 18.0 Å². The number of carbonyl (C=O) groups excluding carboxylic acids is 1. The van der Waals surface area contributed by atoms with Crippen LogP contribution in [0.4, 0.5) is 10.5 Å². The summed E-state index contributed by atoms with van der Waals surface area (Å²) in [6.45, 7) is 2.79. The molecule has 8 heteroatoms. The van der Waals surface area contributed by atoms with E-state index in [4.69, 9.17) is 14.2 Å². The molecule has 8 nitrogen and oxygen atoms in total. The lowest BCUT2D eigenvalue weighted by Gasteiger charge is -2.64. The predicted octanol–water partition coefficient (Wildman–Crippen LogP) is 2.85. The Hall–Kier alpha value is -2.58. The van der Waals surface area contributed by atoms with E-state index >= 15 is 0 Å². The normalized spacial score (nSPS) is 31.3. The maximum Gasteiger partial charge on any atom is 0.414 e. The molecule has 3 aliphatic heterocycles. The number of methoxy groups -OCH3 is 1. The van der Waals surface area contributed by atoms with Crippen LogP contribution < -0.4 is 9.64 Å². The number of rotatable bonds is 3. The molecule has 1 aromatic carbocycles. The molecule has 1 saturated carbocycles. The molecule has 1 spiro atoms. The van der Waals surface area contributed by atoms with Crippen LogP contribution >= 0.6 is 0 Å². The quantitative estimate of drug-likeness (QED) is 0.836. The Morgan fingerprint density at radius 3 is 2.87 bits per heavy atom. The SMILES string of the molecule is COC(=O)N1c2ccc(-c3cnn(C4CC4)c3)c3c2C2(C[C@@H]1C)OCC2(CO)CO3. The van der Waals surface area contributed by atoms with Gasteiger partial charge < -0.3 is 19.3 Å². The van der Waals surface area contributed by atoms with Gasteiger partial charge in [-0.25, -0.2) is 4.79 Å². The van der Waals surface area contributed by atoms with Crippen LogP contribution in [0.2, 0.25) is 0 Å². The first-order valence-electron chi connectivity index (χ1n) is 10.5. The smallest absolute Gasteiger partial charge is 0.414 e. The van der Waals surface area contributed by atoms with Crippen LogP contribution in [0.25, 0.3) is 11.1 Å². The van der Waals surface area contributed by atoms with Gasteiger partial charge in [0.15, 0.2) is 0 Å². The van der Waals surface area contributed by atoms with Gasteiger partial charge in [0.05, 0.1) is 49.2 Å². The number of nitrogens with zero attached hydrogens (tertiary/aromatic N) is 3. The van der Waals surface area contributed by atoms with Gasteiger partial charge in [0, 0.05) is 29.8 Å². The summed E-state index contributed by atoms with van der Waals surface area (Å²) < 4.78 is 19.6. The number of aromatic nitrogens is 2. The summed E-state index contributed by atoms with van der Waals surface area (Å²) in [5.74, 6) is 0.715. The number of anilines is 1. The number of ether oxygens (including phenoxy) is 3. The van der Waals surface area contributed by atoms with Gasteiger partial charge >= 0.3 is 6.09 Å². The molecule has 1 N–H and O–H groups in total. The molecule has 0 radical (unpaired) electrons. The summed E-state index contributed by atoms with van der Waals surface area (Å²) >= 11 is 0. The zero-order valence-electron chi connectivity index (χ0n) is 17.1. The number of aliphatic hydroxyl groups excluding tert-OH is 1. The Bertz CT molecular complexity index is 1040. The van der Waals surface area contributed by atoms with Gasteiger partial charge in [-0.05, 0) is 31.9 Å². The highest BCUT2D eigenvalue weighted by molar-refractivity contribution is 5.93. The van der Waals surface area contributed by atoms with Crippen molar-refractivity contribution in [3.8, 4) is 16.9 Å². The minimum Gasteiger partial charge on any atom is -0.492 e. The summed E-state index contributed by atoms with van der Waals surface area (Å²) in [7, 11) is 1.39. The molecule has 2 fully saturated rings. The average molecular weight is 411 g/mol. The highest BCUT2D eigenvalue weighted by Crippen LogP contribution is 2.65. The molecule has 4 heterocycles. The standard InChI is InChI=1S/C22H25N3O5/c1-13-7-22-18-17(25(13)20(27)28-2)6-5-16(14-8-23-24(9-14)15-3-4-15)19(18)29-11-21(22,10-26)12-30-22/h5-6,8-9,13,15,26H,3-4,7,10-12H2,1-2H3/t13-,21?,22?/m0/s1. The molecule has 1 amide bonds. The second-order valence-electron chi connectivity index (χ2n) is 9.01. The second-order valence-corrected chi connectivity index (χ2v) is 9.01. The van der Waals surface area contributed by atoms with E-state index in [1.807, 2.05) is 29.9 Å². The summed E-state index contributed by atoms with van der Waals surface area (Å²) in [4.78, 5) is 14.3. The van der Waals surface area contributed by atoms with Crippen molar-refractivity contribution in [2.24, 2.45) is 5.41 Å². The van der Waals surface area contributed by atoms with Crippen molar-refractivity contribution in [3.05, 3.63) is 30.1 Å². The second kappa shape index (κ2) is 5.98. The molecule has 3 atom stereocenters. The zero-order valence-corrected chi connectivity index (χ0v) is 17.1. The van der Waals surface area contributed by atoms with E-state index in [1.54, 1.807) is 4.90 Å². The van der Waals surface area contributed by atoms with Crippen LogP contribution in [0, 0.1) is 5.41 Å². The van der Waals surface area contributed by atoms with Crippen LogP contribution in [-0.4, -0.2) is 54.0 Å². The van der Waals surface area contributed by atoms with E-state index in [0.29, 0.717) is 31.4 Å². The fourth-order valence-corrected chi connectivity index (χ4v) is 5.43. The minimum absolute atomic E-state index is 0.0271. The molecular weight excluding hydrogens is 386 g/mol. The first-order valence-corrected chi connectivity index (χ1v) is 10.5. The van der Waals surface area contributed by atoms with Gasteiger partial charge in [-0.1, -0.05) is 0 Å². The lowest BCUT2D eigenvalue weighted by molar-refractivity contribution is -0.312. The first kappa shape index (κ1) is 18.2. The van der Waals surface area contributed by atoms with E-state index in [1.165, 1.54) is 7.11 Å². The third-order valence-corrected chi connectivity index (χ3v) is 7.27. The van der Waals surface area contributed by atoms with Crippen molar-refractivity contribution in [2.45, 2.75) is 43.9 Å². The molecule has 158 valence electrons. The number of amides is 1. The molecule has 2 unspecified atom stereocenters.